The number of hydrogen-bond donors (Lipinski definition) is 1. The highest BCUT2D eigenvalue weighted by Crippen LogP contribution is 2.38. The average Bonchev–Trinajstić information content (AvgIpc) is 2.83. The molecule has 10 heteroatoms. The summed E-state index contributed by atoms with van der Waals surface area (Å²) in [7, 11) is 1.03. The van der Waals surface area contributed by atoms with Gasteiger partial charge in [0.25, 0.3) is 5.91 Å². The van der Waals surface area contributed by atoms with E-state index in [2.05, 4.69) is 10.2 Å². The van der Waals surface area contributed by atoms with Crippen LogP contribution < -0.4 is 19.5 Å². The van der Waals surface area contributed by atoms with Crippen LogP contribution in [0, 0.1) is 0 Å². The van der Waals surface area contributed by atoms with Gasteiger partial charge in [-0.15, -0.1) is 0 Å². The second-order valence-electron chi connectivity index (χ2n) is 7.23. The molecular weight excluding hydrogens is 434 g/mol. The second kappa shape index (κ2) is 10.7. The molecule has 1 aliphatic heterocycles. The zero-order valence-electron chi connectivity index (χ0n) is 18.5. The monoisotopic (exact) mass is 463 g/mol. The molecular formula is C22H29N3O6S. The molecule has 1 aliphatic rings. The predicted octanol–water partition coefficient (Wildman–Crippen LogP) is 1.45. The number of nitrogens with one attached hydrogen (secondary N) is 1. The number of amides is 1. The minimum absolute atomic E-state index is 0.255. The fourth-order valence-electron chi connectivity index (χ4n) is 3.58. The summed E-state index contributed by atoms with van der Waals surface area (Å²) < 4.78 is 42.8. The molecule has 1 amide bonds. The molecule has 0 saturated carbocycles. The van der Waals surface area contributed by atoms with Gasteiger partial charge >= 0.3 is 0 Å². The van der Waals surface area contributed by atoms with Crippen LogP contribution >= 0.6 is 0 Å². The van der Waals surface area contributed by atoms with Crippen LogP contribution in [0.5, 0.6) is 17.2 Å². The highest BCUT2D eigenvalue weighted by atomic mass is 32.2. The molecule has 0 atom stereocenters. The lowest BCUT2D eigenvalue weighted by atomic mass is 10.1. The van der Waals surface area contributed by atoms with E-state index in [0.29, 0.717) is 67.0 Å². The molecule has 0 aliphatic carbocycles. The molecule has 0 spiro atoms. The third-order valence-electron chi connectivity index (χ3n) is 5.35. The first-order valence-electron chi connectivity index (χ1n) is 10.3. The summed E-state index contributed by atoms with van der Waals surface area (Å²) in [6.07, 6.45) is 0. The van der Waals surface area contributed by atoms with Crippen molar-refractivity contribution in [2.24, 2.45) is 0 Å². The molecule has 174 valence electrons. The van der Waals surface area contributed by atoms with Gasteiger partial charge < -0.3 is 19.5 Å². The first-order chi connectivity index (χ1) is 15.4. The standard InChI is InChI=1S/C22H29N3O6S/c1-29-19-15-17(16-20(30-2)21(19)31-3)22(26)23-9-10-24-11-13-25(14-12-24)32(27,28)18-7-5-4-6-8-18/h4-8,15-16H,9-14H2,1-3H3,(H,23,26). The van der Waals surface area contributed by atoms with Crippen molar-refractivity contribution < 1.29 is 27.4 Å². The largest absolute Gasteiger partial charge is 0.493 e. The van der Waals surface area contributed by atoms with Crippen LogP contribution in [0.2, 0.25) is 0 Å². The Morgan fingerprint density at radius 2 is 1.53 bits per heavy atom. The van der Waals surface area contributed by atoms with Crippen molar-refractivity contribution in [2.75, 3.05) is 60.6 Å². The number of rotatable bonds is 9. The van der Waals surface area contributed by atoms with Gasteiger partial charge in [0.05, 0.1) is 26.2 Å². The molecule has 1 heterocycles. The predicted molar refractivity (Wildman–Crippen MR) is 120 cm³/mol. The number of nitrogens with zero attached hydrogens (tertiary/aromatic N) is 2. The van der Waals surface area contributed by atoms with Gasteiger partial charge in [-0.25, -0.2) is 8.42 Å². The van der Waals surface area contributed by atoms with Crippen LogP contribution in [0.25, 0.3) is 0 Å². The minimum atomic E-state index is -3.47. The van der Waals surface area contributed by atoms with Gasteiger partial charge in [-0.05, 0) is 24.3 Å². The Bertz CT molecular complexity index is 996. The summed E-state index contributed by atoms with van der Waals surface area (Å²) in [6, 6.07) is 11.7. The van der Waals surface area contributed by atoms with Crippen molar-refractivity contribution in [3.63, 3.8) is 0 Å². The summed E-state index contributed by atoms with van der Waals surface area (Å²) in [5, 5.41) is 2.89. The van der Waals surface area contributed by atoms with Crippen molar-refractivity contribution in [1.29, 1.82) is 0 Å². The number of methoxy groups -OCH3 is 3. The van der Waals surface area contributed by atoms with Crippen molar-refractivity contribution in [3.8, 4) is 17.2 Å². The fraction of sp³-hybridized carbons (Fsp3) is 0.409. The van der Waals surface area contributed by atoms with Crippen LogP contribution in [-0.4, -0.2) is 84.1 Å². The van der Waals surface area contributed by atoms with Gasteiger partial charge in [0.2, 0.25) is 15.8 Å². The number of piperazine rings is 1. The zero-order valence-corrected chi connectivity index (χ0v) is 19.4. The number of benzene rings is 2. The van der Waals surface area contributed by atoms with Gasteiger partial charge in [0.1, 0.15) is 0 Å². The molecule has 1 fully saturated rings. The highest BCUT2D eigenvalue weighted by molar-refractivity contribution is 7.89. The average molecular weight is 464 g/mol. The summed E-state index contributed by atoms with van der Waals surface area (Å²) >= 11 is 0. The van der Waals surface area contributed by atoms with Crippen molar-refractivity contribution in [1.82, 2.24) is 14.5 Å². The number of carbonyl (C=O) groups excluding carboxylic acids is 1. The molecule has 3 rings (SSSR count). The number of ether oxygens (including phenoxy) is 3. The van der Waals surface area contributed by atoms with Crippen LogP contribution in [0.4, 0.5) is 0 Å². The van der Waals surface area contributed by atoms with Crippen LogP contribution in [-0.2, 0) is 10.0 Å². The van der Waals surface area contributed by atoms with Gasteiger partial charge in [0.15, 0.2) is 11.5 Å². The smallest absolute Gasteiger partial charge is 0.251 e. The fourth-order valence-corrected chi connectivity index (χ4v) is 5.02. The van der Waals surface area contributed by atoms with E-state index in [4.69, 9.17) is 14.2 Å². The third kappa shape index (κ3) is 5.32. The Kier molecular flexibility index (Phi) is 7.94. The van der Waals surface area contributed by atoms with Crippen LogP contribution in [0.1, 0.15) is 10.4 Å². The molecule has 2 aromatic carbocycles. The SMILES string of the molecule is COc1cc(C(=O)NCCN2CCN(S(=O)(=O)c3ccccc3)CC2)cc(OC)c1OC. The summed E-state index contributed by atoms with van der Waals surface area (Å²) in [5.41, 5.74) is 0.401. The Morgan fingerprint density at radius 3 is 2.06 bits per heavy atom. The summed E-state index contributed by atoms with van der Waals surface area (Å²) in [5.74, 6) is 0.991. The minimum Gasteiger partial charge on any atom is -0.493 e. The van der Waals surface area contributed by atoms with Crippen molar-refractivity contribution >= 4 is 15.9 Å². The second-order valence-corrected chi connectivity index (χ2v) is 9.17. The summed E-state index contributed by atoms with van der Waals surface area (Å²) in [6.45, 7) is 3.09. The molecule has 0 bridgehead atoms. The molecule has 1 N–H and O–H groups in total. The first-order valence-corrected chi connectivity index (χ1v) is 11.7. The van der Waals surface area contributed by atoms with E-state index in [1.165, 1.54) is 25.6 Å². The van der Waals surface area contributed by atoms with Crippen molar-refractivity contribution in [3.05, 3.63) is 48.0 Å². The maximum absolute atomic E-state index is 12.7. The van der Waals surface area contributed by atoms with E-state index in [-0.39, 0.29) is 5.91 Å². The molecule has 32 heavy (non-hydrogen) atoms. The Hall–Kier alpha value is -2.82. The van der Waals surface area contributed by atoms with Crippen LogP contribution in [0.3, 0.4) is 0 Å². The van der Waals surface area contributed by atoms with E-state index in [1.807, 2.05) is 0 Å². The maximum Gasteiger partial charge on any atom is 0.251 e. The van der Waals surface area contributed by atoms with Gasteiger partial charge in [-0.2, -0.15) is 4.31 Å². The summed E-state index contributed by atoms with van der Waals surface area (Å²) in [4.78, 5) is 15.0. The van der Waals surface area contributed by atoms with Crippen LogP contribution in [0.15, 0.2) is 47.4 Å². The van der Waals surface area contributed by atoms with E-state index < -0.39 is 10.0 Å². The van der Waals surface area contributed by atoms with Gasteiger partial charge in [-0.3, -0.25) is 9.69 Å². The van der Waals surface area contributed by atoms with Crippen molar-refractivity contribution in [2.45, 2.75) is 4.90 Å². The Labute approximate surface area is 188 Å². The lowest BCUT2D eigenvalue weighted by molar-refractivity contribution is 0.0944. The molecule has 2 aromatic rings. The molecule has 9 nitrogen and oxygen atoms in total. The first kappa shape index (κ1) is 23.8. The molecule has 1 saturated heterocycles. The number of carbonyl (C=O) groups is 1. The Balaban J connectivity index is 1.51. The molecule has 0 aromatic heterocycles. The Morgan fingerprint density at radius 1 is 0.938 bits per heavy atom. The highest BCUT2D eigenvalue weighted by Gasteiger charge is 2.28. The number of hydrogen-bond acceptors (Lipinski definition) is 7. The van der Waals surface area contributed by atoms with E-state index >= 15 is 0 Å². The maximum atomic E-state index is 12.7. The topological polar surface area (TPSA) is 97.4 Å². The quantitative estimate of drug-likeness (QED) is 0.601. The van der Waals surface area contributed by atoms with E-state index in [1.54, 1.807) is 42.5 Å². The molecule has 0 unspecified atom stereocenters. The lowest BCUT2D eigenvalue weighted by Gasteiger charge is -2.33. The number of sulfonamides is 1. The normalized spacial score (nSPS) is 15.2. The van der Waals surface area contributed by atoms with E-state index in [9.17, 15) is 13.2 Å². The zero-order chi connectivity index (χ0) is 23.1. The van der Waals surface area contributed by atoms with Gasteiger partial charge in [0, 0.05) is 44.8 Å². The van der Waals surface area contributed by atoms with Gasteiger partial charge in [-0.1, -0.05) is 18.2 Å². The molecule has 0 radical (unpaired) electrons. The third-order valence-corrected chi connectivity index (χ3v) is 7.27. The van der Waals surface area contributed by atoms with E-state index in [0.717, 1.165) is 0 Å². The lowest BCUT2D eigenvalue weighted by Crippen LogP contribution is -2.50.